The molecule has 7 nitrogen and oxygen atoms in total. The smallest absolute Gasteiger partial charge is 0.249 e. The first kappa shape index (κ1) is 15.0. The van der Waals surface area contributed by atoms with Gasteiger partial charge in [-0.15, -0.1) is 0 Å². The number of fused-ring (bicyclic) bond motifs is 1. The van der Waals surface area contributed by atoms with Crippen LogP contribution in [0.3, 0.4) is 0 Å². The number of carbonyl (C=O) groups is 1. The van der Waals surface area contributed by atoms with Crippen molar-refractivity contribution in [3.05, 3.63) is 5.69 Å². The second-order valence-corrected chi connectivity index (χ2v) is 6.09. The van der Waals surface area contributed by atoms with Crippen LogP contribution < -0.4 is 15.5 Å². The number of anilines is 3. The van der Waals surface area contributed by atoms with Gasteiger partial charge in [-0.1, -0.05) is 0 Å². The van der Waals surface area contributed by atoms with Crippen molar-refractivity contribution in [3.8, 4) is 0 Å². The summed E-state index contributed by atoms with van der Waals surface area (Å²) < 4.78 is 5.34. The van der Waals surface area contributed by atoms with E-state index in [-0.39, 0.29) is 12.0 Å². The molecule has 0 spiro atoms. The highest BCUT2D eigenvalue weighted by molar-refractivity contribution is 6.03. The summed E-state index contributed by atoms with van der Waals surface area (Å²) in [5, 5.41) is 6.29. The zero-order valence-electron chi connectivity index (χ0n) is 13.5. The van der Waals surface area contributed by atoms with Crippen LogP contribution in [-0.2, 0) is 9.53 Å². The predicted molar refractivity (Wildman–Crippen MR) is 85.3 cm³/mol. The van der Waals surface area contributed by atoms with Gasteiger partial charge in [-0.05, 0) is 33.1 Å². The topological polar surface area (TPSA) is 79.4 Å². The lowest BCUT2D eigenvalue weighted by molar-refractivity contribution is -0.120. The molecule has 2 heterocycles. The van der Waals surface area contributed by atoms with Crippen molar-refractivity contribution in [2.45, 2.75) is 51.3 Å². The first-order chi connectivity index (χ1) is 10.5. The van der Waals surface area contributed by atoms with E-state index in [4.69, 9.17) is 4.74 Å². The van der Waals surface area contributed by atoms with Crippen LogP contribution in [-0.4, -0.2) is 48.2 Å². The Balaban J connectivity index is 1.93. The summed E-state index contributed by atoms with van der Waals surface area (Å²) in [6.45, 7) is 3.77. The molecule has 1 aromatic rings. The number of hydrogen-bond donors (Lipinski definition) is 2. The summed E-state index contributed by atoms with van der Waals surface area (Å²) in [6.07, 6.45) is 3.35. The van der Waals surface area contributed by atoms with E-state index in [1.165, 1.54) is 6.42 Å². The molecular formula is C15H23N5O2. The number of aryl methyl sites for hydroxylation is 1. The van der Waals surface area contributed by atoms with Gasteiger partial charge in [0.15, 0.2) is 5.82 Å². The van der Waals surface area contributed by atoms with Gasteiger partial charge < -0.3 is 20.3 Å². The Morgan fingerprint density at radius 1 is 1.41 bits per heavy atom. The van der Waals surface area contributed by atoms with E-state index in [0.29, 0.717) is 17.7 Å². The predicted octanol–water partition coefficient (Wildman–Crippen LogP) is 1.54. The first-order valence-corrected chi connectivity index (χ1v) is 7.73. The number of ether oxygens (including phenoxy) is 1. The Kier molecular flexibility index (Phi) is 3.90. The molecule has 3 rings (SSSR count). The van der Waals surface area contributed by atoms with Crippen LogP contribution in [0.1, 0.15) is 31.9 Å². The average molecular weight is 305 g/mol. The third kappa shape index (κ3) is 2.49. The van der Waals surface area contributed by atoms with Gasteiger partial charge in [0, 0.05) is 20.2 Å². The molecule has 1 fully saturated rings. The maximum atomic E-state index is 12.3. The summed E-state index contributed by atoms with van der Waals surface area (Å²) >= 11 is 0. The molecule has 2 aliphatic rings. The van der Waals surface area contributed by atoms with Crippen LogP contribution in [0.4, 0.5) is 17.5 Å². The zero-order valence-corrected chi connectivity index (χ0v) is 13.5. The summed E-state index contributed by atoms with van der Waals surface area (Å²) in [5.41, 5.74) is 1.46. The van der Waals surface area contributed by atoms with Crippen molar-refractivity contribution >= 4 is 23.4 Å². The van der Waals surface area contributed by atoms with E-state index in [2.05, 4.69) is 20.6 Å². The van der Waals surface area contributed by atoms with Crippen molar-refractivity contribution in [2.24, 2.45) is 0 Å². The second-order valence-electron chi connectivity index (χ2n) is 6.09. The summed E-state index contributed by atoms with van der Waals surface area (Å²) in [6, 6.07) is 0.0676. The quantitative estimate of drug-likeness (QED) is 0.878. The van der Waals surface area contributed by atoms with E-state index in [1.807, 2.05) is 25.8 Å². The van der Waals surface area contributed by atoms with Crippen LogP contribution in [0, 0.1) is 6.92 Å². The molecule has 120 valence electrons. The molecule has 7 heteroatoms. The zero-order chi connectivity index (χ0) is 15.9. The fourth-order valence-corrected chi connectivity index (χ4v) is 2.92. The highest BCUT2D eigenvalue weighted by Gasteiger charge is 2.37. The monoisotopic (exact) mass is 305 g/mol. The van der Waals surface area contributed by atoms with Crippen molar-refractivity contribution in [1.29, 1.82) is 0 Å². The van der Waals surface area contributed by atoms with Crippen LogP contribution in [0.25, 0.3) is 0 Å². The van der Waals surface area contributed by atoms with Crippen molar-refractivity contribution in [1.82, 2.24) is 9.97 Å². The fourth-order valence-electron chi connectivity index (χ4n) is 2.92. The molecule has 0 bridgehead atoms. The van der Waals surface area contributed by atoms with Crippen molar-refractivity contribution < 1.29 is 9.53 Å². The molecule has 0 saturated heterocycles. The Labute approximate surface area is 130 Å². The number of hydrogen-bond acceptors (Lipinski definition) is 6. The van der Waals surface area contributed by atoms with Gasteiger partial charge in [-0.2, -0.15) is 4.98 Å². The van der Waals surface area contributed by atoms with Gasteiger partial charge in [0.1, 0.15) is 11.7 Å². The summed E-state index contributed by atoms with van der Waals surface area (Å²) in [4.78, 5) is 23.3. The van der Waals surface area contributed by atoms with E-state index < -0.39 is 6.04 Å². The van der Waals surface area contributed by atoms with Gasteiger partial charge in [0.2, 0.25) is 11.9 Å². The summed E-state index contributed by atoms with van der Waals surface area (Å²) in [5.74, 6) is 1.28. The van der Waals surface area contributed by atoms with Crippen LogP contribution in [0.15, 0.2) is 0 Å². The Hall–Kier alpha value is -1.89. The molecule has 0 aromatic carbocycles. The number of rotatable bonds is 4. The third-order valence-corrected chi connectivity index (χ3v) is 4.59. The Bertz CT molecular complexity index is 588. The van der Waals surface area contributed by atoms with Gasteiger partial charge in [0.05, 0.1) is 11.8 Å². The normalized spacial score (nSPS) is 22.6. The molecular weight excluding hydrogens is 282 g/mol. The maximum Gasteiger partial charge on any atom is 0.249 e. The van der Waals surface area contributed by atoms with Gasteiger partial charge in [0.25, 0.3) is 0 Å². The van der Waals surface area contributed by atoms with Gasteiger partial charge >= 0.3 is 0 Å². The largest absolute Gasteiger partial charge is 0.379 e. The molecule has 2 atom stereocenters. The number of methoxy groups -OCH3 is 1. The van der Waals surface area contributed by atoms with Crippen molar-refractivity contribution in [2.75, 3.05) is 29.7 Å². The minimum absolute atomic E-state index is 0.0873. The van der Waals surface area contributed by atoms with Gasteiger partial charge in [-0.25, -0.2) is 4.98 Å². The lowest BCUT2D eigenvalue weighted by atomic mass is 9.93. The molecule has 1 amide bonds. The first-order valence-electron chi connectivity index (χ1n) is 7.73. The average Bonchev–Trinajstić information content (AvgIpc) is 2.44. The minimum atomic E-state index is -0.400. The van der Waals surface area contributed by atoms with E-state index in [0.717, 1.165) is 24.4 Å². The highest BCUT2D eigenvalue weighted by atomic mass is 16.5. The molecule has 1 aliphatic carbocycles. The van der Waals surface area contributed by atoms with Crippen LogP contribution in [0.2, 0.25) is 0 Å². The standard InChI is InChI=1S/C15H23N5O2/c1-8-11-13(19-15(16-8)17-10-6-5-7-10)20(3)12(9(2)22-4)14(21)18-11/h9-10,12H,5-7H2,1-4H3,(H,18,21)(H,16,17,19)/t9-,12+/m1/s1. The second kappa shape index (κ2) is 5.72. The Morgan fingerprint density at radius 3 is 2.73 bits per heavy atom. The van der Waals surface area contributed by atoms with E-state index >= 15 is 0 Å². The lowest BCUT2D eigenvalue weighted by Gasteiger charge is -2.37. The van der Waals surface area contributed by atoms with E-state index in [9.17, 15) is 4.79 Å². The SMILES string of the molecule is CO[C@H](C)[C@H]1C(=O)Nc2c(C)nc(NC3CCC3)nc2N1C. The number of aromatic nitrogens is 2. The van der Waals surface area contributed by atoms with Crippen molar-refractivity contribution in [3.63, 3.8) is 0 Å². The third-order valence-electron chi connectivity index (χ3n) is 4.59. The molecule has 1 aromatic heterocycles. The highest BCUT2D eigenvalue weighted by Crippen LogP contribution is 2.34. The van der Waals surface area contributed by atoms with Gasteiger partial charge in [-0.3, -0.25) is 4.79 Å². The number of carbonyl (C=O) groups excluding carboxylic acids is 1. The van der Waals surface area contributed by atoms with E-state index in [1.54, 1.807) is 7.11 Å². The molecule has 0 unspecified atom stereocenters. The number of amides is 1. The molecule has 0 radical (unpaired) electrons. The molecule has 22 heavy (non-hydrogen) atoms. The maximum absolute atomic E-state index is 12.3. The van der Waals surface area contributed by atoms with Crippen LogP contribution in [0.5, 0.6) is 0 Å². The molecule has 1 saturated carbocycles. The van der Waals surface area contributed by atoms with Crippen LogP contribution >= 0.6 is 0 Å². The fraction of sp³-hybridized carbons (Fsp3) is 0.667. The lowest BCUT2D eigenvalue weighted by Crippen LogP contribution is -2.53. The summed E-state index contributed by atoms with van der Waals surface area (Å²) in [7, 11) is 3.48. The molecule has 2 N–H and O–H groups in total. The molecule has 1 aliphatic heterocycles. The Morgan fingerprint density at radius 2 is 2.14 bits per heavy atom. The minimum Gasteiger partial charge on any atom is -0.379 e. The number of likely N-dealkylation sites (N-methyl/N-ethyl adjacent to an activating group) is 1. The number of nitrogens with zero attached hydrogens (tertiary/aromatic N) is 3. The number of nitrogens with one attached hydrogen (secondary N) is 2.